The van der Waals surface area contributed by atoms with Crippen LogP contribution in [-0.4, -0.2) is 34.2 Å². The minimum absolute atomic E-state index is 0.137. The van der Waals surface area contributed by atoms with Crippen molar-refractivity contribution in [3.63, 3.8) is 0 Å². The second kappa shape index (κ2) is 6.08. The van der Waals surface area contributed by atoms with E-state index in [1.165, 1.54) is 0 Å². The van der Waals surface area contributed by atoms with E-state index in [0.717, 1.165) is 48.2 Å². The van der Waals surface area contributed by atoms with Crippen LogP contribution >= 0.6 is 15.9 Å². The number of aliphatic hydroxyl groups is 1. The molecule has 0 saturated carbocycles. The van der Waals surface area contributed by atoms with Gasteiger partial charge in [0.05, 0.1) is 11.8 Å². The van der Waals surface area contributed by atoms with Crippen LogP contribution in [0.5, 0.6) is 0 Å². The first-order valence-corrected chi connectivity index (χ1v) is 7.61. The van der Waals surface area contributed by atoms with Gasteiger partial charge in [-0.25, -0.2) is 4.98 Å². The van der Waals surface area contributed by atoms with E-state index >= 15 is 0 Å². The van der Waals surface area contributed by atoms with Crippen LogP contribution in [0.1, 0.15) is 18.5 Å². The van der Waals surface area contributed by atoms with Crippen molar-refractivity contribution in [1.82, 2.24) is 9.88 Å². The van der Waals surface area contributed by atoms with Gasteiger partial charge in [-0.3, -0.25) is 4.90 Å². The third kappa shape index (κ3) is 3.29. The van der Waals surface area contributed by atoms with E-state index in [2.05, 4.69) is 25.8 Å². The molecule has 3 rings (SSSR count). The Balaban J connectivity index is 1.66. The molecule has 0 aliphatic carbocycles. The maximum absolute atomic E-state index is 9.50. The number of hydrogen-bond donors (Lipinski definition) is 1. The van der Waals surface area contributed by atoms with Crippen LogP contribution in [0.3, 0.4) is 0 Å². The molecule has 1 fully saturated rings. The predicted molar refractivity (Wildman–Crippen MR) is 80.2 cm³/mol. The van der Waals surface area contributed by atoms with E-state index in [9.17, 15) is 5.11 Å². The quantitative estimate of drug-likeness (QED) is 0.935. The average Bonchev–Trinajstić information content (AvgIpc) is 2.91. The Hall–Kier alpha value is -1.17. The zero-order valence-corrected chi connectivity index (χ0v) is 12.7. The highest BCUT2D eigenvalue weighted by Crippen LogP contribution is 2.22. The third-order valence-electron chi connectivity index (χ3n) is 3.59. The summed E-state index contributed by atoms with van der Waals surface area (Å²) in [5.74, 6) is 0.657. The number of oxazole rings is 1. The van der Waals surface area contributed by atoms with Crippen LogP contribution in [0.4, 0.5) is 0 Å². The number of halogens is 1. The van der Waals surface area contributed by atoms with E-state index in [4.69, 9.17) is 4.42 Å². The van der Waals surface area contributed by atoms with Crippen LogP contribution in [0, 0.1) is 0 Å². The van der Waals surface area contributed by atoms with Crippen LogP contribution in [0.25, 0.3) is 11.5 Å². The van der Waals surface area contributed by atoms with Crippen molar-refractivity contribution in [3.05, 3.63) is 40.7 Å². The number of aromatic nitrogens is 1. The van der Waals surface area contributed by atoms with E-state index in [1.54, 1.807) is 6.26 Å². The Morgan fingerprint density at radius 3 is 2.65 bits per heavy atom. The molecule has 5 heteroatoms. The molecule has 1 N–H and O–H groups in total. The van der Waals surface area contributed by atoms with E-state index in [-0.39, 0.29) is 6.10 Å². The van der Waals surface area contributed by atoms with E-state index in [1.807, 2.05) is 24.3 Å². The molecule has 0 radical (unpaired) electrons. The zero-order chi connectivity index (χ0) is 13.9. The Kier molecular flexibility index (Phi) is 4.19. The summed E-state index contributed by atoms with van der Waals surface area (Å²) in [5.41, 5.74) is 1.92. The topological polar surface area (TPSA) is 49.5 Å². The fraction of sp³-hybridized carbons (Fsp3) is 0.400. The Morgan fingerprint density at radius 2 is 1.95 bits per heavy atom. The Bertz CT molecular complexity index is 560. The largest absolute Gasteiger partial charge is 0.444 e. The summed E-state index contributed by atoms with van der Waals surface area (Å²) >= 11 is 3.42. The summed E-state index contributed by atoms with van der Waals surface area (Å²) in [6, 6.07) is 7.92. The molecule has 1 saturated heterocycles. The molecular weight excluding hydrogens is 320 g/mol. The Morgan fingerprint density at radius 1 is 1.25 bits per heavy atom. The van der Waals surface area contributed by atoms with Gasteiger partial charge in [0.25, 0.3) is 0 Å². The van der Waals surface area contributed by atoms with Gasteiger partial charge >= 0.3 is 0 Å². The minimum Gasteiger partial charge on any atom is -0.444 e. The summed E-state index contributed by atoms with van der Waals surface area (Å²) < 4.78 is 6.59. The van der Waals surface area contributed by atoms with Crippen molar-refractivity contribution >= 4 is 15.9 Å². The lowest BCUT2D eigenvalue weighted by atomic mass is 10.1. The Labute approximate surface area is 126 Å². The van der Waals surface area contributed by atoms with Crippen molar-refractivity contribution in [1.29, 1.82) is 0 Å². The maximum Gasteiger partial charge on any atom is 0.226 e. The predicted octanol–water partition coefficient (Wildman–Crippen LogP) is 3.06. The molecule has 4 nitrogen and oxygen atoms in total. The number of hydrogen-bond acceptors (Lipinski definition) is 4. The number of nitrogens with zero attached hydrogens (tertiary/aromatic N) is 2. The molecule has 2 heterocycles. The molecule has 1 aliphatic heterocycles. The molecule has 106 valence electrons. The minimum atomic E-state index is -0.137. The molecule has 1 aromatic carbocycles. The van der Waals surface area contributed by atoms with E-state index < -0.39 is 0 Å². The SMILES string of the molecule is OC1CCN(Cc2coc(-c3ccc(Br)cc3)n2)CC1. The molecule has 0 unspecified atom stereocenters. The van der Waals surface area contributed by atoms with Crippen molar-refractivity contribution in [2.24, 2.45) is 0 Å². The van der Waals surface area contributed by atoms with E-state index in [0.29, 0.717) is 5.89 Å². The van der Waals surface area contributed by atoms with Gasteiger partial charge < -0.3 is 9.52 Å². The summed E-state index contributed by atoms with van der Waals surface area (Å²) in [7, 11) is 0. The van der Waals surface area contributed by atoms with Gasteiger partial charge in [-0.1, -0.05) is 15.9 Å². The second-order valence-electron chi connectivity index (χ2n) is 5.16. The first-order chi connectivity index (χ1) is 9.70. The molecule has 1 aromatic heterocycles. The van der Waals surface area contributed by atoms with Crippen molar-refractivity contribution < 1.29 is 9.52 Å². The van der Waals surface area contributed by atoms with Gasteiger partial charge in [0.15, 0.2) is 0 Å². The van der Waals surface area contributed by atoms with Crippen LogP contribution in [-0.2, 0) is 6.54 Å². The highest BCUT2D eigenvalue weighted by Gasteiger charge is 2.18. The monoisotopic (exact) mass is 336 g/mol. The van der Waals surface area contributed by atoms with Gasteiger partial charge in [0.1, 0.15) is 6.26 Å². The number of aliphatic hydroxyl groups excluding tert-OH is 1. The molecule has 20 heavy (non-hydrogen) atoms. The molecule has 0 bridgehead atoms. The van der Waals surface area contributed by atoms with Gasteiger partial charge in [-0.05, 0) is 37.1 Å². The van der Waals surface area contributed by atoms with Crippen LogP contribution in [0.2, 0.25) is 0 Å². The molecule has 2 aromatic rings. The van der Waals surface area contributed by atoms with Crippen LogP contribution < -0.4 is 0 Å². The summed E-state index contributed by atoms with van der Waals surface area (Å²) in [4.78, 5) is 6.84. The third-order valence-corrected chi connectivity index (χ3v) is 4.11. The molecule has 0 amide bonds. The van der Waals surface area contributed by atoms with Gasteiger partial charge in [0, 0.05) is 29.7 Å². The lowest BCUT2D eigenvalue weighted by molar-refractivity contribution is 0.0786. The number of rotatable bonds is 3. The van der Waals surface area contributed by atoms with Gasteiger partial charge in [0.2, 0.25) is 5.89 Å². The highest BCUT2D eigenvalue weighted by molar-refractivity contribution is 9.10. The van der Waals surface area contributed by atoms with Gasteiger partial charge in [-0.2, -0.15) is 0 Å². The second-order valence-corrected chi connectivity index (χ2v) is 6.07. The van der Waals surface area contributed by atoms with Crippen molar-refractivity contribution in [2.45, 2.75) is 25.5 Å². The summed E-state index contributed by atoms with van der Waals surface area (Å²) in [6.45, 7) is 2.62. The number of benzene rings is 1. The normalized spacial score (nSPS) is 17.5. The smallest absolute Gasteiger partial charge is 0.226 e. The average molecular weight is 337 g/mol. The van der Waals surface area contributed by atoms with Crippen LogP contribution in [0.15, 0.2) is 39.4 Å². The molecular formula is C15H17BrN2O2. The lowest BCUT2D eigenvalue weighted by Gasteiger charge is -2.28. The summed E-state index contributed by atoms with van der Waals surface area (Å²) in [6.07, 6.45) is 3.28. The zero-order valence-electron chi connectivity index (χ0n) is 11.1. The summed E-state index contributed by atoms with van der Waals surface area (Å²) in [5, 5.41) is 9.50. The molecule has 1 aliphatic rings. The van der Waals surface area contributed by atoms with Crippen molar-refractivity contribution in [2.75, 3.05) is 13.1 Å². The van der Waals surface area contributed by atoms with Gasteiger partial charge in [-0.15, -0.1) is 0 Å². The fourth-order valence-electron chi connectivity index (χ4n) is 2.41. The molecule has 0 atom stereocenters. The fourth-order valence-corrected chi connectivity index (χ4v) is 2.68. The maximum atomic E-state index is 9.50. The lowest BCUT2D eigenvalue weighted by Crippen LogP contribution is -2.35. The highest BCUT2D eigenvalue weighted by atomic mass is 79.9. The molecule has 0 spiro atoms. The van der Waals surface area contributed by atoms with Crippen molar-refractivity contribution in [3.8, 4) is 11.5 Å². The number of piperidine rings is 1. The first kappa shape index (κ1) is 13.8. The number of likely N-dealkylation sites (tertiary alicyclic amines) is 1. The first-order valence-electron chi connectivity index (χ1n) is 6.81. The standard InChI is InChI=1S/C15H17BrN2O2/c16-12-3-1-11(2-4-12)15-17-13(10-20-15)9-18-7-5-14(19)6-8-18/h1-4,10,14,19H,5-9H2.